The van der Waals surface area contributed by atoms with E-state index in [1.807, 2.05) is 13.0 Å². The monoisotopic (exact) mass is 407 g/mol. The van der Waals surface area contributed by atoms with Gasteiger partial charge in [-0.15, -0.1) is 11.3 Å². The molecule has 102 valence electrons. The molecule has 0 saturated carbocycles. The average molecular weight is 409 g/mol. The van der Waals surface area contributed by atoms with Crippen molar-refractivity contribution in [1.82, 2.24) is 4.98 Å². The number of fused-ring (bicyclic) bond motifs is 1. The summed E-state index contributed by atoms with van der Waals surface area (Å²) < 4.78 is 7.05. The summed E-state index contributed by atoms with van der Waals surface area (Å²) in [6.45, 7) is 2.34. The predicted molar refractivity (Wildman–Crippen MR) is 81.9 cm³/mol. The van der Waals surface area contributed by atoms with Gasteiger partial charge in [-0.05, 0) is 44.3 Å². The average Bonchev–Trinajstić information content (AvgIpc) is 2.76. The molecule has 19 heavy (non-hydrogen) atoms. The number of carbonyl (C=O) groups excluding carboxylic acids is 1. The van der Waals surface area contributed by atoms with E-state index in [1.165, 1.54) is 11.3 Å². The molecular formula is C12H11Br2NO3S. The highest BCUT2D eigenvalue weighted by Gasteiger charge is 2.21. The normalized spacial score (nSPS) is 10.9. The summed E-state index contributed by atoms with van der Waals surface area (Å²) in [6, 6.07) is 1.84. The van der Waals surface area contributed by atoms with Crippen LogP contribution in [-0.4, -0.2) is 22.7 Å². The molecule has 0 aromatic carbocycles. The van der Waals surface area contributed by atoms with Crippen molar-refractivity contribution in [2.75, 3.05) is 6.61 Å². The molecular weight excluding hydrogens is 398 g/mol. The number of pyridine rings is 1. The van der Waals surface area contributed by atoms with Crippen molar-refractivity contribution in [2.24, 2.45) is 0 Å². The van der Waals surface area contributed by atoms with Crippen LogP contribution in [0.2, 0.25) is 0 Å². The number of ether oxygens (including phenoxy) is 1. The van der Waals surface area contributed by atoms with E-state index in [0.29, 0.717) is 15.9 Å². The summed E-state index contributed by atoms with van der Waals surface area (Å²) in [7, 11) is 0. The fourth-order valence-corrected chi connectivity index (χ4v) is 3.70. The largest absolute Gasteiger partial charge is 0.504 e. The second-order valence-electron chi connectivity index (χ2n) is 3.88. The van der Waals surface area contributed by atoms with Gasteiger partial charge in [0.2, 0.25) is 0 Å². The van der Waals surface area contributed by atoms with Gasteiger partial charge in [-0.25, -0.2) is 9.78 Å². The summed E-state index contributed by atoms with van der Waals surface area (Å²) in [5, 5.41) is 10.9. The molecule has 0 atom stereocenters. The smallest absolute Gasteiger partial charge is 0.360 e. The Morgan fingerprint density at radius 3 is 2.95 bits per heavy atom. The van der Waals surface area contributed by atoms with Crippen LogP contribution in [0.5, 0.6) is 5.75 Å². The highest BCUT2D eigenvalue weighted by molar-refractivity contribution is 9.11. The van der Waals surface area contributed by atoms with E-state index in [2.05, 4.69) is 36.8 Å². The maximum Gasteiger partial charge on any atom is 0.360 e. The van der Waals surface area contributed by atoms with Crippen LogP contribution in [0.3, 0.4) is 0 Å². The minimum Gasteiger partial charge on any atom is -0.504 e. The molecule has 0 saturated heterocycles. The molecule has 2 aromatic heterocycles. The number of rotatable bonds is 4. The number of hydrogen-bond acceptors (Lipinski definition) is 5. The molecule has 0 unspecified atom stereocenters. The van der Waals surface area contributed by atoms with E-state index in [4.69, 9.17) is 4.74 Å². The molecule has 7 heteroatoms. The zero-order valence-corrected chi connectivity index (χ0v) is 14.1. The Bertz CT molecular complexity index is 627. The highest BCUT2D eigenvalue weighted by Crippen LogP contribution is 2.40. The number of nitrogens with zero attached hydrogens (tertiary/aromatic N) is 1. The molecule has 0 aliphatic carbocycles. The van der Waals surface area contributed by atoms with Crippen molar-refractivity contribution >= 4 is 59.3 Å². The first kappa shape index (κ1) is 14.7. The fraction of sp³-hybridized carbons (Fsp3) is 0.333. The Labute approximate surface area is 131 Å². The zero-order chi connectivity index (χ0) is 14.0. The number of esters is 1. The van der Waals surface area contributed by atoms with Crippen molar-refractivity contribution in [2.45, 2.75) is 19.8 Å². The quantitative estimate of drug-likeness (QED) is 0.460. The molecule has 0 fully saturated rings. The minimum absolute atomic E-state index is 0.0511. The van der Waals surface area contributed by atoms with Gasteiger partial charge in [-0.1, -0.05) is 13.3 Å². The van der Waals surface area contributed by atoms with Gasteiger partial charge >= 0.3 is 5.97 Å². The van der Waals surface area contributed by atoms with Crippen molar-refractivity contribution in [1.29, 1.82) is 0 Å². The van der Waals surface area contributed by atoms with Crippen LogP contribution in [-0.2, 0) is 4.74 Å². The van der Waals surface area contributed by atoms with Gasteiger partial charge in [0.15, 0.2) is 11.4 Å². The van der Waals surface area contributed by atoms with E-state index in [0.717, 1.165) is 22.0 Å². The molecule has 4 nitrogen and oxygen atoms in total. The van der Waals surface area contributed by atoms with Crippen LogP contribution in [0.25, 0.3) is 10.1 Å². The number of aromatic nitrogens is 1. The number of halogens is 2. The van der Waals surface area contributed by atoms with E-state index in [-0.39, 0.29) is 11.4 Å². The van der Waals surface area contributed by atoms with Crippen LogP contribution >= 0.6 is 43.2 Å². The second kappa shape index (κ2) is 6.19. The Hall–Kier alpha value is -0.660. The number of unbranched alkanes of at least 4 members (excludes halogenated alkanes) is 1. The van der Waals surface area contributed by atoms with Crippen LogP contribution in [0.15, 0.2) is 14.5 Å². The molecule has 0 amide bonds. The third-order valence-corrected chi connectivity index (χ3v) is 4.75. The van der Waals surface area contributed by atoms with Gasteiger partial charge < -0.3 is 9.84 Å². The van der Waals surface area contributed by atoms with Crippen molar-refractivity contribution in [3.63, 3.8) is 0 Å². The van der Waals surface area contributed by atoms with Crippen LogP contribution < -0.4 is 0 Å². The summed E-state index contributed by atoms with van der Waals surface area (Å²) in [5.41, 5.74) is -0.0511. The first-order valence-electron chi connectivity index (χ1n) is 5.69. The van der Waals surface area contributed by atoms with Crippen LogP contribution in [0, 0.1) is 0 Å². The topological polar surface area (TPSA) is 59.4 Å². The lowest BCUT2D eigenvalue weighted by Gasteiger charge is -2.06. The molecule has 0 aliphatic rings. The standard InChI is InChI=1S/C12H11Br2NO3S/c1-2-3-4-18-12(17)8-9(16)10-6(11(14)15-8)5-7(13)19-10/h5,16H,2-4H2,1H3. The summed E-state index contributed by atoms with van der Waals surface area (Å²) in [5.74, 6) is -0.728. The fourth-order valence-electron chi connectivity index (χ4n) is 1.53. The van der Waals surface area contributed by atoms with Crippen molar-refractivity contribution < 1.29 is 14.6 Å². The summed E-state index contributed by atoms with van der Waals surface area (Å²) >= 11 is 7.99. The number of hydrogen-bond donors (Lipinski definition) is 1. The van der Waals surface area contributed by atoms with E-state index >= 15 is 0 Å². The Kier molecular flexibility index (Phi) is 4.81. The molecule has 2 rings (SSSR count). The van der Waals surface area contributed by atoms with Crippen molar-refractivity contribution in [3.05, 3.63) is 20.1 Å². The molecule has 0 aliphatic heterocycles. The molecule has 0 spiro atoms. The lowest BCUT2D eigenvalue weighted by molar-refractivity contribution is 0.0489. The van der Waals surface area contributed by atoms with E-state index in [9.17, 15) is 9.90 Å². The first-order chi connectivity index (χ1) is 9.04. The molecule has 0 bridgehead atoms. The molecule has 0 radical (unpaired) electrons. The summed E-state index contributed by atoms with van der Waals surface area (Å²) in [4.78, 5) is 15.9. The lowest BCUT2D eigenvalue weighted by Crippen LogP contribution is -2.09. The van der Waals surface area contributed by atoms with Gasteiger partial charge in [0.05, 0.1) is 15.1 Å². The van der Waals surface area contributed by atoms with Crippen LogP contribution in [0.1, 0.15) is 30.3 Å². The van der Waals surface area contributed by atoms with Gasteiger partial charge in [0, 0.05) is 5.39 Å². The van der Waals surface area contributed by atoms with Gasteiger partial charge in [-0.3, -0.25) is 0 Å². The number of thiophene rings is 1. The number of carbonyl (C=O) groups is 1. The molecule has 1 N–H and O–H groups in total. The summed E-state index contributed by atoms with van der Waals surface area (Å²) in [6.07, 6.45) is 1.73. The Balaban J connectivity index is 2.38. The first-order valence-corrected chi connectivity index (χ1v) is 8.09. The van der Waals surface area contributed by atoms with Gasteiger partial charge in [0.1, 0.15) is 4.60 Å². The van der Waals surface area contributed by atoms with Gasteiger partial charge in [-0.2, -0.15) is 0 Å². The highest BCUT2D eigenvalue weighted by atomic mass is 79.9. The maximum absolute atomic E-state index is 11.9. The number of aromatic hydroxyl groups is 1. The lowest BCUT2D eigenvalue weighted by atomic mass is 10.2. The third kappa shape index (κ3) is 3.09. The third-order valence-electron chi connectivity index (χ3n) is 2.50. The van der Waals surface area contributed by atoms with Gasteiger partial charge in [0.25, 0.3) is 0 Å². The van der Waals surface area contributed by atoms with E-state index in [1.54, 1.807) is 0 Å². The van der Waals surface area contributed by atoms with Crippen LogP contribution in [0.4, 0.5) is 0 Å². The molecule has 2 heterocycles. The Morgan fingerprint density at radius 2 is 2.26 bits per heavy atom. The Morgan fingerprint density at radius 1 is 1.53 bits per heavy atom. The molecule has 2 aromatic rings. The maximum atomic E-state index is 11.9. The zero-order valence-electron chi connectivity index (χ0n) is 10.1. The second-order valence-corrected chi connectivity index (χ2v) is 7.07. The SMILES string of the molecule is CCCCOC(=O)c1nc(Br)c2cc(Br)sc2c1O. The minimum atomic E-state index is -0.599. The predicted octanol–water partition coefficient (Wildman–Crippen LogP) is 4.48. The van der Waals surface area contributed by atoms with E-state index < -0.39 is 5.97 Å². The van der Waals surface area contributed by atoms with Crippen molar-refractivity contribution in [3.8, 4) is 5.75 Å².